The van der Waals surface area contributed by atoms with Gasteiger partial charge < -0.3 is 5.32 Å². The van der Waals surface area contributed by atoms with Crippen molar-refractivity contribution in [3.8, 4) is 0 Å². The van der Waals surface area contributed by atoms with Gasteiger partial charge in [0, 0.05) is 30.7 Å². The Kier molecular flexibility index (Phi) is 4.13. The molecule has 2 aliphatic rings. The van der Waals surface area contributed by atoms with Gasteiger partial charge in [0.05, 0.1) is 0 Å². The number of nitrogens with zero attached hydrogens (tertiary/aromatic N) is 1. The average Bonchev–Trinajstić information content (AvgIpc) is 3.21. The molecule has 0 amide bonds. The summed E-state index contributed by atoms with van der Waals surface area (Å²) in [6.45, 7) is 8.28. The van der Waals surface area contributed by atoms with E-state index in [1.807, 2.05) is 0 Å². The molecule has 1 aliphatic carbocycles. The van der Waals surface area contributed by atoms with Crippen molar-refractivity contribution in [3.63, 3.8) is 0 Å². The van der Waals surface area contributed by atoms with Gasteiger partial charge in [0.1, 0.15) is 0 Å². The Hall–Kier alpha value is -0.860. The van der Waals surface area contributed by atoms with Gasteiger partial charge in [0.15, 0.2) is 0 Å². The molecule has 1 N–H and O–H groups in total. The summed E-state index contributed by atoms with van der Waals surface area (Å²) in [6.07, 6.45) is 4.14. The van der Waals surface area contributed by atoms with Crippen LogP contribution in [0.4, 0.5) is 0 Å². The monoisotopic (exact) mass is 272 g/mol. The second kappa shape index (κ2) is 5.87. The lowest BCUT2D eigenvalue weighted by molar-refractivity contribution is 0.252. The summed E-state index contributed by atoms with van der Waals surface area (Å²) in [7, 11) is 0. The zero-order valence-corrected chi connectivity index (χ0v) is 13.0. The zero-order valence-electron chi connectivity index (χ0n) is 13.0. The van der Waals surface area contributed by atoms with E-state index in [1.165, 1.54) is 31.4 Å². The molecule has 3 atom stereocenters. The van der Waals surface area contributed by atoms with Crippen LogP contribution in [0.15, 0.2) is 30.3 Å². The number of hydrogen-bond acceptors (Lipinski definition) is 2. The highest BCUT2D eigenvalue weighted by Crippen LogP contribution is 2.34. The summed E-state index contributed by atoms with van der Waals surface area (Å²) < 4.78 is 0. The minimum Gasteiger partial charge on any atom is -0.306 e. The fourth-order valence-electron chi connectivity index (χ4n) is 3.68. The van der Waals surface area contributed by atoms with Crippen molar-refractivity contribution < 1.29 is 0 Å². The summed E-state index contributed by atoms with van der Waals surface area (Å²) in [6, 6.07) is 13.7. The first-order valence-electron chi connectivity index (χ1n) is 8.22. The van der Waals surface area contributed by atoms with Gasteiger partial charge in [-0.1, -0.05) is 44.2 Å². The van der Waals surface area contributed by atoms with Crippen LogP contribution < -0.4 is 5.32 Å². The van der Waals surface area contributed by atoms with E-state index >= 15 is 0 Å². The lowest BCUT2D eigenvalue weighted by Crippen LogP contribution is -2.38. The van der Waals surface area contributed by atoms with E-state index < -0.39 is 0 Å². The first-order valence-corrected chi connectivity index (χ1v) is 8.22. The average molecular weight is 272 g/mol. The number of likely N-dealkylation sites (tertiary alicyclic amines) is 1. The molecule has 1 aromatic carbocycles. The molecule has 1 heterocycles. The molecule has 3 rings (SSSR count). The molecule has 0 spiro atoms. The molecule has 1 aromatic rings. The Bertz CT molecular complexity index is 424. The molecular formula is C18H28N2. The highest BCUT2D eigenvalue weighted by Gasteiger charge is 2.39. The Morgan fingerprint density at radius 3 is 2.45 bits per heavy atom. The van der Waals surface area contributed by atoms with Crippen molar-refractivity contribution in [3.05, 3.63) is 35.9 Å². The van der Waals surface area contributed by atoms with Crippen LogP contribution in [-0.4, -0.2) is 29.6 Å². The van der Waals surface area contributed by atoms with Crippen molar-refractivity contribution in [1.29, 1.82) is 0 Å². The number of nitrogens with one attached hydrogen (secondary N) is 1. The van der Waals surface area contributed by atoms with E-state index in [1.54, 1.807) is 0 Å². The molecule has 1 saturated carbocycles. The molecule has 2 nitrogen and oxygen atoms in total. The lowest BCUT2D eigenvalue weighted by Gasteiger charge is -2.27. The van der Waals surface area contributed by atoms with Crippen LogP contribution in [0, 0.1) is 5.92 Å². The SMILES string of the molecule is CC(C)[C@H](N[C@@H]1C[C@@H](C)N(C2CC2)C1)c1ccccc1. The third-order valence-corrected chi connectivity index (χ3v) is 4.88. The van der Waals surface area contributed by atoms with E-state index in [2.05, 4.69) is 61.3 Å². The van der Waals surface area contributed by atoms with Crippen LogP contribution in [0.5, 0.6) is 0 Å². The largest absolute Gasteiger partial charge is 0.306 e. The predicted molar refractivity (Wildman–Crippen MR) is 84.8 cm³/mol. The number of rotatable bonds is 5. The molecule has 1 aliphatic heterocycles. The summed E-state index contributed by atoms with van der Waals surface area (Å²) in [5.41, 5.74) is 1.43. The van der Waals surface area contributed by atoms with E-state index in [0.29, 0.717) is 18.0 Å². The molecule has 110 valence electrons. The maximum Gasteiger partial charge on any atom is 0.0346 e. The number of hydrogen-bond donors (Lipinski definition) is 1. The molecule has 1 saturated heterocycles. The topological polar surface area (TPSA) is 15.3 Å². The third-order valence-electron chi connectivity index (χ3n) is 4.88. The Balaban J connectivity index is 1.65. The Labute approximate surface area is 123 Å². The van der Waals surface area contributed by atoms with Gasteiger partial charge in [0.25, 0.3) is 0 Å². The molecule has 0 bridgehead atoms. The van der Waals surface area contributed by atoms with Gasteiger partial charge in [-0.05, 0) is 37.7 Å². The standard InChI is InChI=1S/C18H28N2/c1-13(2)18(15-7-5-4-6-8-15)19-16-11-14(3)20(12-16)17-9-10-17/h4-8,13-14,16-19H,9-12H2,1-3H3/t14-,16-,18+/m1/s1. The van der Waals surface area contributed by atoms with Crippen LogP contribution in [0.25, 0.3) is 0 Å². The highest BCUT2D eigenvalue weighted by atomic mass is 15.3. The summed E-state index contributed by atoms with van der Waals surface area (Å²) in [5.74, 6) is 0.627. The summed E-state index contributed by atoms with van der Waals surface area (Å²) in [5, 5.41) is 3.93. The molecule has 0 aromatic heterocycles. The highest BCUT2D eigenvalue weighted by molar-refractivity contribution is 5.19. The van der Waals surface area contributed by atoms with Crippen LogP contribution in [0.3, 0.4) is 0 Å². The first-order chi connectivity index (χ1) is 9.65. The maximum absolute atomic E-state index is 3.93. The maximum atomic E-state index is 3.93. The normalized spacial score (nSPS) is 29.0. The smallest absolute Gasteiger partial charge is 0.0346 e. The van der Waals surface area contributed by atoms with Crippen molar-refractivity contribution in [1.82, 2.24) is 10.2 Å². The van der Waals surface area contributed by atoms with Gasteiger partial charge in [-0.15, -0.1) is 0 Å². The van der Waals surface area contributed by atoms with E-state index in [0.717, 1.165) is 12.1 Å². The zero-order chi connectivity index (χ0) is 14.1. The predicted octanol–water partition coefficient (Wildman–Crippen LogP) is 3.60. The van der Waals surface area contributed by atoms with Crippen molar-refractivity contribution in [2.45, 2.75) is 64.2 Å². The van der Waals surface area contributed by atoms with E-state index in [-0.39, 0.29) is 0 Å². The molecular weight excluding hydrogens is 244 g/mol. The Morgan fingerprint density at radius 2 is 1.85 bits per heavy atom. The molecule has 2 fully saturated rings. The molecule has 0 radical (unpaired) electrons. The quantitative estimate of drug-likeness (QED) is 0.881. The first kappa shape index (κ1) is 14.1. The van der Waals surface area contributed by atoms with Gasteiger partial charge >= 0.3 is 0 Å². The van der Waals surface area contributed by atoms with E-state index in [4.69, 9.17) is 0 Å². The fraction of sp³-hybridized carbons (Fsp3) is 0.667. The van der Waals surface area contributed by atoms with Crippen LogP contribution in [-0.2, 0) is 0 Å². The number of benzene rings is 1. The van der Waals surface area contributed by atoms with Crippen molar-refractivity contribution in [2.24, 2.45) is 5.92 Å². The molecule has 2 heteroatoms. The second-order valence-corrected chi connectivity index (χ2v) is 7.01. The van der Waals surface area contributed by atoms with Crippen LogP contribution in [0.1, 0.15) is 51.6 Å². The molecule has 20 heavy (non-hydrogen) atoms. The fourth-order valence-corrected chi connectivity index (χ4v) is 3.68. The van der Waals surface area contributed by atoms with Gasteiger partial charge in [-0.3, -0.25) is 4.90 Å². The second-order valence-electron chi connectivity index (χ2n) is 7.01. The summed E-state index contributed by atoms with van der Waals surface area (Å²) >= 11 is 0. The third kappa shape index (κ3) is 3.07. The van der Waals surface area contributed by atoms with Crippen LogP contribution >= 0.6 is 0 Å². The molecule has 0 unspecified atom stereocenters. The van der Waals surface area contributed by atoms with E-state index in [9.17, 15) is 0 Å². The van der Waals surface area contributed by atoms with Crippen molar-refractivity contribution >= 4 is 0 Å². The van der Waals surface area contributed by atoms with Crippen molar-refractivity contribution in [2.75, 3.05) is 6.54 Å². The van der Waals surface area contributed by atoms with Gasteiger partial charge in [-0.2, -0.15) is 0 Å². The summed E-state index contributed by atoms with van der Waals surface area (Å²) in [4.78, 5) is 2.72. The Morgan fingerprint density at radius 1 is 1.15 bits per heavy atom. The minimum atomic E-state index is 0.479. The van der Waals surface area contributed by atoms with Gasteiger partial charge in [-0.25, -0.2) is 0 Å². The van der Waals surface area contributed by atoms with Gasteiger partial charge in [0.2, 0.25) is 0 Å². The lowest BCUT2D eigenvalue weighted by atomic mass is 9.95. The minimum absolute atomic E-state index is 0.479. The van der Waals surface area contributed by atoms with Crippen LogP contribution in [0.2, 0.25) is 0 Å².